The molecular formula is C73H128O6. The molecule has 0 rings (SSSR count). The van der Waals surface area contributed by atoms with Crippen LogP contribution in [0.2, 0.25) is 0 Å². The fourth-order valence-electron chi connectivity index (χ4n) is 9.76. The van der Waals surface area contributed by atoms with Gasteiger partial charge in [0.2, 0.25) is 0 Å². The summed E-state index contributed by atoms with van der Waals surface area (Å²) in [6, 6.07) is 0. The third kappa shape index (κ3) is 65.3. The lowest BCUT2D eigenvalue weighted by atomic mass is 10.0. The van der Waals surface area contributed by atoms with E-state index in [1.165, 1.54) is 205 Å². The predicted octanol–water partition coefficient (Wildman–Crippen LogP) is 23.4. The summed E-state index contributed by atoms with van der Waals surface area (Å²) >= 11 is 0. The highest BCUT2D eigenvalue weighted by Gasteiger charge is 2.19. The van der Waals surface area contributed by atoms with Crippen molar-refractivity contribution in [3.05, 3.63) is 85.1 Å². The van der Waals surface area contributed by atoms with Gasteiger partial charge in [-0.3, -0.25) is 14.4 Å². The smallest absolute Gasteiger partial charge is 0.306 e. The van der Waals surface area contributed by atoms with Crippen LogP contribution in [0.15, 0.2) is 85.1 Å². The molecule has 0 aromatic rings. The summed E-state index contributed by atoms with van der Waals surface area (Å²) in [5, 5.41) is 0. The van der Waals surface area contributed by atoms with E-state index in [0.29, 0.717) is 19.3 Å². The minimum absolute atomic E-state index is 0.0803. The third-order valence-corrected chi connectivity index (χ3v) is 14.9. The van der Waals surface area contributed by atoms with Crippen LogP contribution in [0.5, 0.6) is 0 Å². The van der Waals surface area contributed by atoms with Crippen molar-refractivity contribution in [3.63, 3.8) is 0 Å². The number of ether oxygens (including phenoxy) is 3. The molecule has 0 aliphatic heterocycles. The van der Waals surface area contributed by atoms with E-state index >= 15 is 0 Å². The van der Waals surface area contributed by atoms with Crippen LogP contribution in [-0.4, -0.2) is 37.2 Å². The van der Waals surface area contributed by atoms with Crippen LogP contribution in [0, 0.1) is 0 Å². The highest BCUT2D eigenvalue weighted by Crippen LogP contribution is 2.17. The highest BCUT2D eigenvalue weighted by molar-refractivity contribution is 5.71. The third-order valence-electron chi connectivity index (χ3n) is 14.9. The van der Waals surface area contributed by atoms with E-state index in [9.17, 15) is 14.4 Å². The lowest BCUT2D eigenvalue weighted by Crippen LogP contribution is -2.30. The number of carbonyl (C=O) groups excluding carboxylic acids is 3. The second-order valence-electron chi connectivity index (χ2n) is 22.7. The molecule has 0 fully saturated rings. The monoisotopic (exact) mass is 1100 g/mol. The van der Waals surface area contributed by atoms with E-state index in [0.717, 1.165) is 96.3 Å². The van der Waals surface area contributed by atoms with Crippen LogP contribution in [0.25, 0.3) is 0 Å². The van der Waals surface area contributed by atoms with Crippen molar-refractivity contribution in [2.24, 2.45) is 0 Å². The Labute approximate surface area is 490 Å². The second kappa shape index (κ2) is 67.1. The van der Waals surface area contributed by atoms with Gasteiger partial charge < -0.3 is 14.2 Å². The Morgan fingerprint density at radius 3 is 0.785 bits per heavy atom. The molecule has 0 saturated carbocycles. The van der Waals surface area contributed by atoms with Crippen LogP contribution in [0.1, 0.15) is 342 Å². The molecule has 0 N–H and O–H groups in total. The fraction of sp³-hybridized carbons (Fsp3) is 0.767. The number of hydrogen-bond acceptors (Lipinski definition) is 6. The van der Waals surface area contributed by atoms with Gasteiger partial charge in [-0.25, -0.2) is 0 Å². The number of hydrogen-bond donors (Lipinski definition) is 0. The lowest BCUT2D eigenvalue weighted by molar-refractivity contribution is -0.167. The van der Waals surface area contributed by atoms with Gasteiger partial charge in [0.1, 0.15) is 13.2 Å². The van der Waals surface area contributed by atoms with E-state index in [4.69, 9.17) is 14.2 Å². The largest absolute Gasteiger partial charge is 0.462 e. The summed E-state index contributed by atoms with van der Waals surface area (Å²) in [5.74, 6) is -0.879. The maximum absolute atomic E-state index is 12.9. The molecular weight excluding hydrogens is 973 g/mol. The zero-order chi connectivity index (χ0) is 57.1. The van der Waals surface area contributed by atoms with Crippen molar-refractivity contribution < 1.29 is 28.6 Å². The molecule has 0 spiro atoms. The van der Waals surface area contributed by atoms with Gasteiger partial charge in [-0.05, 0) is 116 Å². The first kappa shape index (κ1) is 75.6. The number of rotatable bonds is 62. The summed E-state index contributed by atoms with van der Waals surface area (Å²) in [7, 11) is 0. The number of allylic oxidation sites excluding steroid dienone is 14. The van der Waals surface area contributed by atoms with E-state index in [1.807, 2.05) is 0 Å². The maximum atomic E-state index is 12.9. The van der Waals surface area contributed by atoms with Gasteiger partial charge >= 0.3 is 17.9 Å². The number of esters is 3. The van der Waals surface area contributed by atoms with E-state index < -0.39 is 6.10 Å². The second-order valence-corrected chi connectivity index (χ2v) is 22.7. The van der Waals surface area contributed by atoms with Gasteiger partial charge in [0.15, 0.2) is 6.10 Å². The quantitative estimate of drug-likeness (QED) is 0.0261. The summed E-state index contributed by atoms with van der Waals surface area (Å²) in [6.45, 7) is 6.55. The molecule has 1 atom stereocenters. The molecule has 0 aromatic carbocycles. The van der Waals surface area contributed by atoms with Crippen molar-refractivity contribution in [3.8, 4) is 0 Å². The van der Waals surface area contributed by atoms with Gasteiger partial charge in [0, 0.05) is 19.3 Å². The van der Waals surface area contributed by atoms with Crippen molar-refractivity contribution in [2.75, 3.05) is 13.2 Å². The molecule has 79 heavy (non-hydrogen) atoms. The van der Waals surface area contributed by atoms with Gasteiger partial charge in [0.05, 0.1) is 0 Å². The minimum atomic E-state index is -0.784. The Bertz CT molecular complexity index is 1500. The molecule has 0 aliphatic rings. The van der Waals surface area contributed by atoms with Gasteiger partial charge in [-0.2, -0.15) is 0 Å². The Morgan fingerprint density at radius 1 is 0.266 bits per heavy atom. The molecule has 1 unspecified atom stereocenters. The van der Waals surface area contributed by atoms with Crippen molar-refractivity contribution in [2.45, 2.75) is 348 Å². The number of unbranched alkanes of at least 4 members (excludes halogenated alkanes) is 37. The Hall–Kier alpha value is -3.41. The Balaban J connectivity index is 4.33. The standard InChI is InChI=1S/C73H128O6/c1-4-7-10-13-16-19-22-25-28-31-33-34-35-36-37-38-39-40-41-43-45-48-51-54-57-60-63-66-72(75)78-69-70(68-77-71(74)65-62-59-56-53-50-47-44-30-27-24-21-18-15-12-9-6-3)79-73(76)67-64-61-58-55-52-49-46-42-32-29-26-23-20-17-14-11-8-5-2/h7,10,16,19,25,28-30,32-34,36-37,44,70H,4-6,8-9,11-15,17-18,20-24,26-27,31,35,38-43,45-69H2,1-3H3/b10-7-,19-16-,28-25-,32-29-,34-33-,37-36-,44-30-. The molecule has 0 bridgehead atoms. The van der Waals surface area contributed by atoms with Gasteiger partial charge in [-0.1, -0.05) is 292 Å². The Kier molecular flexibility index (Phi) is 64.2. The SMILES string of the molecule is CC/C=C\C/C=C\C/C=C\C/C=C\C/C=C\CCCCCCCCCCCCCC(=O)OCC(COC(=O)CCCCCCC/C=C\CCCCCCCCC)OC(=O)CCCCCCCCC/C=C\CCCCCCCCC. The number of carbonyl (C=O) groups is 3. The molecule has 456 valence electrons. The average molecular weight is 1100 g/mol. The van der Waals surface area contributed by atoms with E-state index in [1.54, 1.807) is 0 Å². The normalized spacial score (nSPS) is 12.6. The van der Waals surface area contributed by atoms with Crippen LogP contribution in [-0.2, 0) is 28.6 Å². The first-order valence-corrected chi connectivity index (χ1v) is 34.1. The van der Waals surface area contributed by atoms with Crippen LogP contribution < -0.4 is 0 Å². The zero-order valence-corrected chi connectivity index (χ0v) is 52.4. The van der Waals surface area contributed by atoms with Gasteiger partial charge in [-0.15, -0.1) is 0 Å². The molecule has 0 heterocycles. The predicted molar refractivity (Wildman–Crippen MR) is 344 cm³/mol. The summed E-state index contributed by atoms with van der Waals surface area (Å²) in [6.07, 6.45) is 88.8. The maximum Gasteiger partial charge on any atom is 0.306 e. The van der Waals surface area contributed by atoms with Crippen molar-refractivity contribution in [1.82, 2.24) is 0 Å². The molecule has 0 saturated heterocycles. The van der Waals surface area contributed by atoms with Crippen LogP contribution in [0.4, 0.5) is 0 Å². The molecule has 0 aromatic heterocycles. The topological polar surface area (TPSA) is 78.9 Å². The van der Waals surface area contributed by atoms with E-state index in [2.05, 4.69) is 106 Å². The van der Waals surface area contributed by atoms with Crippen molar-refractivity contribution >= 4 is 17.9 Å². The summed E-state index contributed by atoms with van der Waals surface area (Å²) in [4.78, 5) is 38.4. The first-order chi connectivity index (χ1) is 39.0. The molecule has 0 radical (unpaired) electrons. The average Bonchev–Trinajstić information content (AvgIpc) is 3.45. The Morgan fingerprint density at radius 2 is 0.494 bits per heavy atom. The fourth-order valence-corrected chi connectivity index (χ4v) is 9.76. The van der Waals surface area contributed by atoms with E-state index in [-0.39, 0.29) is 31.1 Å². The first-order valence-electron chi connectivity index (χ1n) is 34.1. The zero-order valence-electron chi connectivity index (χ0n) is 52.4. The summed E-state index contributed by atoms with van der Waals surface area (Å²) in [5.41, 5.74) is 0. The highest BCUT2D eigenvalue weighted by atomic mass is 16.6. The summed E-state index contributed by atoms with van der Waals surface area (Å²) < 4.78 is 17.0. The molecule has 6 heteroatoms. The minimum Gasteiger partial charge on any atom is -0.462 e. The molecule has 0 aliphatic carbocycles. The van der Waals surface area contributed by atoms with Crippen LogP contribution >= 0.6 is 0 Å². The lowest BCUT2D eigenvalue weighted by Gasteiger charge is -2.18. The van der Waals surface area contributed by atoms with Gasteiger partial charge in [0.25, 0.3) is 0 Å². The van der Waals surface area contributed by atoms with Crippen LogP contribution in [0.3, 0.4) is 0 Å². The van der Waals surface area contributed by atoms with Crippen molar-refractivity contribution in [1.29, 1.82) is 0 Å². The molecule has 6 nitrogen and oxygen atoms in total. The molecule has 0 amide bonds.